The Labute approximate surface area is 150 Å². The molecule has 5 heteroatoms. The molecule has 112 valence electrons. The lowest BCUT2D eigenvalue weighted by atomic mass is 10.1. The standard InChI is InChI=1S/C18H11BrN2S2/c19-18-7-6-17(23-18)16-5-4-15(22-16)12-8-10-21-14(11-12)13-3-1-2-9-20-13/h1-11H. The van der Waals surface area contributed by atoms with Crippen LogP contribution in [-0.2, 0) is 0 Å². The van der Waals surface area contributed by atoms with Crippen LogP contribution in [0, 0.1) is 0 Å². The molecule has 0 amide bonds. The SMILES string of the molecule is Brc1ccc(-c2ccc(-c3ccnc(-c4ccccn4)c3)s2)s1. The van der Waals surface area contributed by atoms with Gasteiger partial charge in [0, 0.05) is 27.0 Å². The number of hydrogen-bond donors (Lipinski definition) is 0. The Bertz CT molecular complexity index is 944. The van der Waals surface area contributed by atoms with Crippen molar-refractivity contribution in [2.24, 2.45) is 0 Å². The third-order valence-corrected chi connectivity index (χ3v) is 6.35. The smallest absolute Gasteiger partial charge is 0.0892 e. The highest BCUT2D eigenvalue weighted by Crippen LogP contribution is 2.39. The van der Waals surface area contributed by atoms with Crippen LogP contribution in [-0.4, -0.2) is 9.97 Å². The maximum Gasteiger partial charge on any atom is 0.0892 e. The van der Waals surface area contributed by atoms with E-state index in [2.05, 4.69) is 56.2 Å². The number of hydrogen-bond acceptors (Lipinski definition) is 4. The molecule has 2 nitrogen and oxygen atoms in total. The minimum absolute atomic E-state index is 0.897. The first-order valence-electron chi connectivity index (χ1n) is 7.03. The molecule has 0 atom stereocenters. The number of thiophene rings is 2. The van der Waals surface area contributed by atoms with Crippen molar-refractivity contribution in [3.05, 3.63) is 70.8 Å². The van der Waals surface area contributed by atoms with Crippen LogP contribution in [0.5, 0.6) is 0 Å². The second-order valence-corrected chi connectivity index (χ2v) is 8.46. The first kappa shape index (κ1) is 14.8. The molecule has 0 bridgehead atoms. The summed E-state index contributed by atoms with van der Waals surface area (Å²) in [6.45, 7) is 0. The second kappa shape index (κ2) is 6.35. The number of rotatable bonds is 3. The van der Waals surface area contributed by atoms with Crippen LogP contribution in [0.2, 0.25) is 0 Å². The molecule has 4 rings (SSSR count). The van der Waals surface area contributed by atoms with E-state index in [-0.39, 0.29) is 0 Å². The molecule has 0 aliphatic heterocycles. The monoisotopic (exact) mass is 398 g/mol. The Morgan fingerprint density at radius 1 is 0.696 bits per heavy atom. The topological polar surface area (TPSA) is 25.8 Å². The highest BCUT2D eigenvalue weighted by Gasteiger charge is 2.09. The molecular weight excluding hydrogens is 388 g/mol. The molecule has 4 heterocycles. The summed E-state index contributed by atoms with van der Waals surface area (Å²) in [4.78, 5) is 12.6. The van der Waals surface area contributed by atoms with Gasteiger partial charge in [0.05, 0.1) is 15.2 Å². The highest BCUT2D eigenvalue weighted by atomic mass is 79.9. The van der Waals surface area contributed by atoms with E-state index in [0.29, 0.717) is 0 Å². The van der Waals surface area contributed by atoms with Crippen molar-refractivity contribution >= 4 is 38.6 Å². The van der Waals surface area contributed by atoms with Gasteiger partial charge in [-0.15, -0.1) is 22.7 Å². The van der Waals surface area contributed by atoms with Gasteiger partial charge in [-0.2, -0.15) is 0 Å². The van der Waals surface area contributed by atoms with Gasteiger partial charge in [-0.25, -0.2) is 0 Å². The predicted octanol–water partition coefficient (Wildman–Crippen LogP) is 6.36. The summed E-state index contributed by atoms with van der Waals surface area (Å²) in [5, 5.41) is 0. The Balaban J connectivity index is 1.70. The Morgan fingerprint density at radius 2 is 1.48 bits per heavy atom. The molecule has 0 saturated heterocycles. The van der Waals surface area contributed by atoms with Crippen molar-refractivity contribution in [2.45, 2.75) is 0 Å². The van der Waals surface area contributed by atoms with Crippen LogP contribution < -0.4 is 0 Å². The van der Waals surface area contributed by atoms with Gasteiger partial charge < -0.3 is 0 Å². The van der Waals surface area contributed by atoms with Gasteiger partial charge in [0.2, 0.25) is 0 Å². The molecule has 0 radical (unpaired) electrons. The summed E-state index contributed by atoms with van der Waals surface area (Å²) >= 11 is 7.08. The molecule has 0 saturated carbocycles. The van der Waals surface area contributed by atoms with Crippen molar-refractivity contribution in [1.29, 1.82) is 0 Å². The van der Waals surface area contributed by atoms with Crippen molar-refractivity contribution < 1.29 is 0 Å². The molecule has 0 spiro atoms. The number of halogens is 1. The second-order valence-electron chi connectivity index (χ2n) is 4.91. The molecule has 4 aromatic rings. The Kier molecular flexibility index (Phi) is 4.08. The predicted molar refractivity (Wildman–Crippen MR) is 102 cm³/mol. The Hall–Kier alpha value is -1.82. The average molecular weight is 399 g/mol. The molecule has 0 N–H and O–H groups in total. The van der Waals surface area contributed by atoms with E-state index < -0.39 is 0 Å². The fourth-order valence-corrected chi connectivity index (χ4v) is 4.79. The van der Waals surface area contributed by atoms with E-state index in [1.165, 1.54) is 20.2 Å². The minimum Gasteiger partial charge on any atom is -0.255 e. The van der Waals surface area contributed by atoms with E-state index in [4.69, 9.17) is 0 Å². The van der Waals surface area contributed by atoms with Gasteiger partial charge >= 0.3 is 0 Å². The summed E-state index contributed by atoms with van der Waals surface area (Å²) in [6, 6.07) is 18.6. The van der Waals surface area contributed by atoms with E-state index in [0.717, 1.165) is 15.2 Å². The van der Waals surface area contributed by atoms with Gasteiger partial charge in [0.25, 0.3) is 0 Å². The number of pyridine rings is 2. The lowest BCUT2D eigenvalue weighted by Gasteiger charge is -2.02. The van der Waals surface area contributed by atoms with Crippen LogP contribution in [0.4, 0.5) is 0 Å². The largest absolute Gasteiger partial charge is 0.255 e. The summed E-state index contributed by atoms with van der Waals surface area (Å²) < 4.78 is 1.16. The first-order chi connectivity index (χ1) is 11.3. The van der Waals surface area contributed by atoms with Gasteiger partial charge in [-0.05, 0) is 70.0 Å². The van der Waals surface area contributed by atoms with E-state index >= 15 is 0 Å². The van der Waals surface area contributed by atoms with Gasteiger partial charge in [-0.3, -0.25) is 9.97 Å². The quantitative estimate of drug-likeness (QED) is 0.400. The van der Waals surface area contributed by atoms with Crippen molar-refractivity contribution in [2.75, 3.05) is 0 Å². The lowest BCUT2D eigenvalue weighted by molar-refractivity contribution is 1.25. The summed E-state index contributed by atoms with van der Waals surface area (Å²) in [5.41, 5.74) is 2.97. The van der Waals surface area contributed by atoms with Crippen LogP contribution in [0.25, 0.3) is 31.6 Å². The summed E-state index contributed by atoms with van der Waals surface area (Å²) in [6.07, 6.45) is 3.64. The normalized spacial score (nSPS) is 10.8. The zero-order valence-electron chi connectivity index (χ0n) is 11.9. The van der Waals surface area contributed by atoms with Crippen molar-refractivity contribution in [3.8, 4) is 31.6 Å². The fraction of sp³-hybridized carbons (Fsp3) is 0. The summed E-state index contributed by atoms with van der Waals surface area (Å²) in [7, 11) is 0. The molecule has 0 aliphatic rings. The van der Waals surface area contributed by atoms with Crippen molar-refractivity contribution in [1.82, 2.24) is 9.97 Å². The third kappa shape index (κ3) is 3.13. The summed E-state index contributed by atoms with van der Waals surface area (Å²) in [5.74, 6) is 0. The van der Waals surface area contributed by atoms with Gasteiger partial charge in [0.1, 0.15) is 0 Å². The zero-order valence-corrected chi connectivity index (χ0v) is 15.2. The number of nitrogens with zero attached hydrogens (tertiary/aromatic N) is 2. The molecule has 0 aliphatic carbocycles. The zero-order chi connectivity index (χ0) is 15.6. The van der Waals surface area contributed by atoms with Crippen LogP contribution in [0.1, 0.15) is 0 Å². The molecule has 0 unspecified atom stereocenters. The van der Waals surface area contributed by atoms with Crippen LogP contribution in [0.15, 0.2) is 70.8 Å². The average Bonchev–Trinajstić information content (AvgIpc) is 3.25. The van der Waals surface area contributed by atoms with Crippen LogP contribution >= 0.6 is 38.6 Å². The fourth-order valence-electron chi connectivity index (χ4n) is 2.31. The minimum atomic E-state index is 0.897. The maximum atomic E-state index is 4.44. The first-order valence-corrected chi connectivity index (χ1v) is 9.45. The van der Waals surface area contributed by atoms with Gasteiger partial charge in [-0.1, -0.05) is 6.07 Å². The maximum absolute atomic E-state index is 4.44. The third-order valence-electron chi connectivity index (χ3n) is 3.39. The van der Waals surface area contributed by atoms with Gasteiger partial charge in [0.15, 0.2) is 0 Å². The molecule has 4 aromatic heterocycles. The van der Waals surface area contributed by atoms with Crippen molar-refractivity contribution in [3.63, 3.8) is 0 Å². The molecule has 23 heavy (non-hydrogen) atoms. The van der Waals surface area contributed by atoms with Crippen LogP contribution in [0.3, 0.4) is 0 Å². The Morgan fingerprint density at radius 3 is 2.26 bits per heavy atom. The van der Waals surface area contributed by atoms with E-state index in [1.54, 1.807) is 28.9 Å². The van der Waals surface area contributed by atoms with E-state index in [1.807, 2.05) is 30.5 Å². The molecular formula is C18H11BrN2S2. The molecule has 0 aromatic carbocycles. The molecule has 0 fully saturated rings. The highest BCUT2D eigenvalue weighted by molar-refractivity contribution is 9.11. The van der Waals surface area contributed by atoms with E-state index in [9.17, 15) is 0 Å². The lowest BCUT2D eigenvalue weighted by Crippen LogP contribution is -1.86. The number of aromatic nitrogens is 2.